The van der Waals surface area contributed by atoms with Crippen molar-refractivity contribution in [3.05, 3.63) is 53.0 Å². The van der Waals surface area contributed by atoms with Crippen molar-refractivity contribution in [2.24, 2.45) is 7.05 Å². The summed E-state index contributed by atoms with van der Waals surface area (Å²) in [5.74, 6) is 1.88. The molecule has 0 bridgehead atoms. The Morgan fingerprint density at radius 2 is 2.03 bits per heavy atom. The Kier molecular flexibility index (Phi) is 5.39. The average molecular weight is 395 g/mol. The number of hydrogen-bond donors (Lipinski definition) is 2. The van der Waals surface area contributed by atoms with Gasteiger partial charge in [-0.2, -0.15) is 10.2 Å². The molecular formula is C20H25N7O2. The Labute approximate surface area is 168 Å². The van der Waals surface area contributed by atoms with Crippen LogP contribution in [0.5, 0.6) is 0 Å². The van der Waals surface area contributed by atoms with E-state index in [1.165, 1.54) is 0 Å². The topological polar surface area (TPSA) is 111 Å². The van der Waals surface area contributed by atoms with Gasteiger partial charge in [-0.1, -0.05) is 0 Å². The second-order valence-corrected chi connectivity index (χ2v) is 7.57. The number of hydrogen-bond acceptors (Lipinski definition) is 6. The summed E-state index contributed by atoms with van der Waals surface area (Å²) in [6, 6.07) is 3.63. The molecule has 1 amide bonds. The predicted octanol–water partition coefficient (Wildman–Crippen LogP) is 2.69. The molecule has 9 nitrogen and oxygen atoms in total. The highest BCUT2D eigenvalue weighted by Crippen LogP contribution is 2.42. The number of carbonyl (C=O) groups is 1. The van der Waals surface area contributed by atoms with Gasteiger partial charge in [0.25, 0.3) is 5.91 Å². The molecule has 0 spiro atoms. The fourth-order valence-corrected chi connectivity index (χ4v) is 3.86. The van der Waals surface area contributed by atoms with Gasteiger partial charge in [0.05, 0.1) is 12.3 Å². The van der Waals surface area contributed by atoms with E-state index in [1.807, 2.05) is 25.4 Å². The number of aromatic amines is 1. The monoisotopic (exact) mass is 395 g/mol. The molecule has 0 aromatic carbocycles. The van der Waals surface area contributed by atoms with Gasteiger partial charge in [0.1, 0.15) is 11.5 Å². The van der Waals surface area contributed by atoms with Crippen LogP contribution in [0, 0.1) is 6.92 Å². The maximum atomic E-state index is 12.6. The van der Waals surface area contributed by atoms with Gasteiger partial charge >= 0.3 is 0 Å². The van der Waals surface area contributed by atoms with E-state index in [1.54, 1.807) is 24.9 Å². The minimum absolute atomic E-state index is 0.252. The van der Waals surface area contributed by atoms with Crippen molar-refractivity contribution in [1.82, 2.24) is 29.9 Å². The van der Waals surface area contributed by atoms with E-state index in [4.69, 9.17) is 4.74 Å². The molecule has 1 saturated carbocycles. The molecule has 3 heterocycles. The molecule has 2 N–H and O–H groups in total. The molecule has 0 unspecified atom stereocenters. The first-order valence-corrected chi connectivity index (χ1v) is 9.70. The van der Waals surface area contributed by atoms with Crippen LogP contribution in [0.25, 0.3) is 0 Å². The number of carbonyl (C=O) groups excluding carboxylic acids is 1. The van der Waals surface area contributed by atoms with E-state index in [0.29, 0.717) is 35.6 Å². The maximum Gasteiger partial charge on any atom is 0.275 e. The number of nitrogens with one attached hydrogen (secondary N) is 2. The van der Waals surface area contributed by atoms with Gasteiger partial charge in [-0.15, -0.1) is 0 Å². The molecule has 9 heteroatoms. The van der Waals surface area contributed by atoms with Crippen molar-refractivity contribution >= 4 is 11.7 Å². The molecular weight excluding hydrogens is 370 g/mol. The Hall–Kier alpha value is -3.07. The van der Waals surface area contributed by atoms with Crippen LogP contribution in [0.2, 0.25) is 0 Å². The van der Waals surface area contributed by atoms with Crippen molar-refractivity contribution in [1.29, 1.82) is 0 Å². The summed E-state index contributed by atoms with van der Waals surface area (Å²) < 4.78 is 6.61. The van der Waals surface area contributed by atoms with Crippen LogP contribution in [-0.4, -0.2) is 43.0 Å². The molecule has 152 valence electrons. The zero-order valence-electron chi connectivity index (χ0n) is 16.8. The number of aryl methyl sites for hydroxylation is 2. The highest BCUT2D eigenvalue weighted by Gasteiger charge is 2.30. The standard InChI is InChI=1S/C20H25N7O2/c1-12-9-21-19(22-10-12)14-5-4-13(6-14)16-8-18(25-24-16)23-20(28)17-7-15(11-29-3)26-27(17)2/h7-10,13-14H,4-6,11H2,1-3H3,(H2,23,24,25,28)/t13-,14-/m1/s1. The highest BCUT2D eigenvalue weighted by atomic mass is 16.5. The summed E-state index contributed by atoms with van der Waals surface area (Å²) in [4.78, 5) is 21.5. The van der Waals surface area contributed by atoms with Crippen LogP contribution in [0.4, 0.5) is 5.82 Å². The quantitative estimate of drug-likeness (QED) is 0.664. The van der Waals surface area contributed by atoms with Crippen molar-refractivity contribution in [2.75, 3.05) is 12.4 Å². The first-order chi connectivity index (χ1) is 14.0. The number of rotatable bonds is 6. The summed E-state index contributed by atoms with van der Waals surface area (Å²) in [5.41, 5.74) is 3.26. The summed E-state index contributed by atoms with van der Waals surface area (Å²) >= 11 is 0. The molecule has 3 aromatic rings. The second kappa shape index (κ2) is 8.12. The molecule has 2 atom stereocenters. The lowest BCUT2D eigenvalue weighted by Gasteiger charge is -2.09. The largest absolute Gasteiger partial charge is 0.378 e. The summed E-state index contributed by atoms with van der Waals surface area (Å²) in [7, 11) is 3.33. The van der Waals surface area contributed by atoms with Gasteiger partial charge < -0.3 is 10.1 Å². The van der Waals surface area contributed by atoms with E-state index in [-0.39, 0.29) is 5.91 Å². The Morgan fingerprint density at radius 1 is 1.28 bits per heavy atom. The molecule has 1 fully saturated rings. The van der Waals surface area contributed by atoms with Crippen LogP contribution in [0.15, 0.2) is 24.5 Å². The van der Waals surface area contributed by atoms with E-state index < -0.39 is 0 Å². The number of methoxy groups -OCH3 is 1. The Balaban J connectivity index is 1.40. The van der Waals surface area contributed by atoms with Crippen LogP contribution >= 0.6 is 0 Å². The average Bonchev–Trinajstić information content (AvgIpc) is 3.42. The number of nitrogens with zero attached hydrogens (tertiary/aromatic N) is 5. The van der Waals surface area contributed by atoms with Crippen LogP contribution in [0.3, 0.4) is 0 Å². The number of amides is 1. The molecule has 0 aliphatic heterocycles. The van der Waals surface area contributed by atoms with E-state index in [9.17, 15) is 4.79 Å². The summed E-state index contributed by atoms with van der Waals surface area (Å²) in [6.07, 6.45) is 6.80. The second-order valence-electron chi connectivity index (χ2n) is 7.57. The highest BCUT2D eigenvalue weighted by molar-refractivity contribution is 6.02. The van der Waals surface area contributed by atoms with Crippen molar-refractivity contribution in [3.63, 3.8) is 0 Å². The smallest absolute Gasteiger partial charge is 0.275 e. The lowest BCUT2D eigenvalue weighted by atomic mass is 10.0. The lowest BCUT2D eigenvalue weighted by molar-refractivity contribution is 0.101. The third kappa shape index (κ3) is 4.19. The van der Waals surface area contributed by atoms with Gasteiger partial charge in [0.2, 0.25) is 0 Å². The minimum Gasteiger partial charge on any atom is -0.378 e. The van der Waals surface area contributed by atoms with Gasteiger partial charge in [0.15, 0.2) is 5.82 Å². The molecule has 3 aromatic heterocycles. The van der Waals surface area contributed by atoms with Crippen LogP contribution in [-0.2, 0) is 18.4 Å². The zero-order valence-corrected chi connectivity index (χ0v) is 16.8. The first kappa shape index (κ1) is 19.3. The molecule has 1 aliphatic carbocycles. The number of ether oxygens (including phenoxy) is 1. The lowest BCUT2D eigenvalue weighted by Crippen LogP contribution is -2.16. The van der Waals surface area contributed by atoms with Crippen molar-refractivity contribution < 1.29 is 9.53 Å². The fourth-order valence-electron chi connectivity index (χ4n) is 3.86. The number of anilines is 1. The Morgan fingerprint density at radius 3 is 2.79 bits per heavy atom. The molecule has 1 aliphatic rings. The fraction of sp³-hybridized carbons (Fsp3) is 0.450. The zero-order chi connectivity index (χ0) is 20.4. The van der Waals surface area contributed by atoms with Gasteiger partial charge in [-0.05, 0) is 37.8 Å². The Bertz CT molecular complexity index is 993. The summed E-state index contributed by atoms with van der Waals surface area (Å²) in [6.45, 7) is 2.35. The van der Waals surface area contributed by atoms with Crippen molar-refractivity contribution in [3.8, 4) is 0 Å². The third-order valence-corrected chi connectivity index (χ3v) is 5.33. The molecule has 29 heavy (non-hydrogen) atoms. The van der Waals surface area contributed by atoms with E-state index >= 15 is 0 Å². The maximum absolute atomic E-state index is 12.6. The van der Waals surface area contributed by atoms with Gasteiger partial charge in [-0.3, -0.25) is 14.6 Å². The minimum atomic E-state index is -0.252. The summed E-state index contributed by atoms with van der Waals surface area (Å²) in [5, 5.41) is 14.4. The molecule has 4 rings (SSSR count). The van der Waals surface area contributed by atoms with Crippen molar-refractivity contribution in [2.45, 2.75) is 44.6 Å². The number of H-pyrrole nitrogens is 1. The van der Waals surface area contributed by atoms with E-state index in [0.717, 1.165) is 36.3 Å². The molecule has 0 radical (unpaired) electrons. The van der Waals surface area contributed by atoms with Gasteiger partial charge in [-0.25, -0.2) is 9.97 Å². The first-order valence-electron chi connectivity index (χ1n) is 9.70. The number of aromatic nitrogens is 6. The van der Waals surface area contributed by atoms with Gasteiger partial charge in [0, 0.05) is 50.1 Å². The van der Waals surface area contributed by atoms with Crippen LogP contribution < -0.4 is 5.32 Å². The van der Waals surface area contributed by atoms with Crippen LogP contribution in [0.1, 0.15) is 64.4 Å². The SMILES string of the molecule is COCc1cc(C(=O)Nc2cc([C@@H]3CC[C@@H](c4ncc(C)cn4)C3)[nH]n2)n(C)n1. The molecule has 0 saturated heterocycles. The van der Waals surface area contributed by atoms with E-state index in [2.05, 4.69) is 30.6 Å². The predicted molar refractivity (Wildman–Crippen MR) is 107 cm³/mol. The third-order valence-electron chi connectivity index (χ3n) is 5.33. The normalized spacial score (nSPS) is 18.9.